The Bertz CT molecular complexity index is 1070. The van der Waals surface area contributed by atoms with Crippen LogP contribution in [0.15, 0.2) is 48.8 Å². The molecule has 0 spiro atoms. The first-order valence-corrected chi connectivity index (χ1v) is 8.67. The van der Waals surface area contributed by atoms with Crippen LogP contribution in [0.4, 0.5) is 5.95 Å². The Balaban J connectivity index is 1.59. The van der Waals surface area contributed by atoms with E-state index < -0.39 is 0 Å². The first kappa shape index (κ1) is 17.5. The summed E-state index contributed by atoms with van der Waals surface area (Å²) in [7, 11) is 1.56. The van der Waals surface area contributed by atoms with Gasteiger partial charge in [-0.15, -0.1) is 0 Å². The predicted molar refractivity (Wildman–Crippen MR) is 99.9 cm³/mol. The van der Waals surface area contributed by atoms with Gasteiger partial charge in [0.05, 0.1) is 31.2 Å². The highest BCUT2D eigenvalue weighted by Crippen LogP contribution is 2.35. The molecule has 1 N–H and O–H groups in total. The fourth-order valence-electron chi connectivity index (χ4n) is 3.19. The maximum Gasteiger partial charge on any atom is 0.229 e. The number of carbonyl (C=O) groups is 1. The molecule has 0 saturated carbocycles. The molecule has 28 heavy (non-hydrogen) atoms. The molecule has 1 aliphatic rings. The Morgan fingerprint density at radius 1 is 1.29 bits per heavy atom. The quantitative estimate of drug-likeness (QED) is 0.736. The second-order valence-electron chi connectivity index (χ2n) is 6.26. The van der Waals surface area contributed by atoms with Crippen LogP contribution in [0, 0.1) is 11.3 Å². The molecule has 0 radical (unpaired) electrons. The van der Waals surface area contributed by atoms with E-state index in [-0.39, 0.29) is 25.0 Å². The molecular weight excluding hydrogens is 358 g/mol. The smallest absolute Gasteiger partial charge is 0.229 e. The molecule has 8 heteroatoms. The highest BCUT2D eigenvalue weighted by molar-refractivity contribution is 5.91. The zero-order chi connectivity index (χ0) is 19.5. The van der Waals surface area contributed by atoms with Crippen molar-refractivity contribution in [1.82, 2.24) is 14.8 Å². The molecule has 140 valence electrons. The first-order valence-electron chi connectivity index (χ1n) is 8.67. The van der Waals surface area contributed by atoms with Crippen molar-refractivity contribution in [3.05, 3.63) is 65.5 Å². The molecule has 0 bridgehead atoms. The van der Waals surface area contributed by atoms with Crippen LogP contribution in [0.2, 0.25) is 0 Å². The van der Waals surface area contributed by atoms with Gasteiger partial charge >= 0.3 is 0 Å². The van der Waals surface area contributed by atoms with Crippen molar-refractivity contribution in [1.29, 1.82) is 5.26 Å². The zero-order valence-corrected chi connectivity index (χ0v) is 15.1. The van der Waals surface area contributed by atoms with Gasteiger partial charge in [0.1, 0.15) is 12.9 Å². The molecule has 8 nitrogen and oxygen atoms in total. The van der Waals surface area contributed by atoms with Gasteiger partial charge in [0.15, 0.2) is 11.5 Å². The Labute approximate surface area is 161 Å². The lowest BCUT2D eigenvalue weighted by Gasteiger charge is -2.24. The van der Waals surface area contributed by atoms with Gasteiger partial charge < -0.3 is 9.47 Å². The lowest BCUT2D eigenvalue weighted by molar-refractivity contribution is -0.117. The summed E-state index contributed by atoms with van der Waals surface area (Å²) in [4.78, 5) is 16.0. The third-order valence-electron chi connectivity index (χ3n) is 4.59. The molecule has 1 aromatic heterocycles. The fraction of sp³-hybridized carbons (Fsp3) is 0.200. The summed E-state index contributed by atoms with van der Waals surface area (Å²) in [6.07, 6.45) is 1.67. The van der Waals surface area contributed by atoms with Crippen LogP contribution in [0.25, 0.3) is 0 Å². The lowest BCUT2D eigenvalue weighted by Crippen LogP contribution is -2.29. The number of hydrogen-bond donors (Lipinski definition) is 1. The molecule has 1 atom stereocenters. The fourth-order valence-corrected chi connectivity index (χ4v) is 3.19. The number of fused-ring (bicyclic) bond motifs is 1. The monoisotopic (exact) mass is 375 g/mol. The van der Waals surface area contributed by atoms with E-state index in [1.165, 1.54) is 6.33 Å². The minimum Gasteiger partial charge on any atom is -0.493 e. The van der Waals surface area contributed by atoms with Crippen LogP contribution in [-0.2, 0) is 11.4 Å². The molecule has 3 aromatic rings. The van der Waals surface area contributed by atoms with Gasteiger partial charge in [0.25, 0.3) is 0 Å². The average molecular weight is 375 g/mol. The van der Waals surface area contributed by atoms with E-state index in [1.54, 1.807) is 23.9 Å². The number of anilines is 1. The van der Waals surface area contributed by atoms with Gasteiger partial charge in [-0.05, 0) is 23.8 Å². The van der Waals surface area contributed by atoms with Crippen LogP contribution < -0.4 is 14.8 Å². The summed E-state index contributed by atoms with van der Waals surface area (Å²) in [5, 5.41) is 16.1. The predicted octanol–water partition coefficient (Wildman–Crippen LogP) is 2.67. The summed E-state index contributed by atoms with van der Waals surface area (Å²) in [6.45, 7) is 0.249. The molecule has 1 aliphatic heterocycles. The van der Waals surface area contributed by atoms with Gasteiger partial charge in [-0.1, -0.05) is 24.3 Å². The van der Waals surface area contributed by atoms with Crippen molar-refractivity contribution in [3.63, 3.8) is 0 Å². The minimum atomic E-state index is -0.270. The van der Waals surface area contributed by atoms with Gasteiger partial charge in [-0.3, -0.25) is 10.1 Å². The van der Waals surface area contributed by atoms with Crippen molar-refractivity contribution >= 4 is 11.9 Å². The number of methoxy groups -OCH3 is 1. The number of nitriles is 1. The summed E-state index contributed by atoms with van der Waals surface area (Å²) in [5.41, 5.74) is 2.24. The SMILES string of the molecule is COc1cc([C@@H]2CC(=O)Nc3ncnn32)ccc1OCc1ccccc1C#N. The molecule has 4 rings (SSSR count). The number of hydrogen-bond acceptors (Lipinski definition) is 6. The van der Waals surface area contributed by atoms with Crippen molar-refractivity contribution in [2.45, 2.75) is 19.1 Å². The van der Waals surface area contributed by atoms with E-state index in [9.17, 15) is 10.1 Å². The molecular formula is C20H17N5O3. The van der Waals surface area contributed by atoms with Crippen LogP contribution in [-0.4, -0.2) is 27.8 Å². The Hall–Kier alpha value is -3.86. The Morgan fingerprint density at radius 3 is 2.96 bits per heavy atom. The standard InChI is InChI=1S/C20H17N5O3/c1-27-18-8-13(16-9-19(26)24-20-22-12-23-25(16)20)6-7-17(18)28-11-15-5-3-2-4-14(15)10-21/h2-8,12,16H,9,11H2,1H3,(H,22,23,24,26)/t16-/m0/s1. The van der Waals surface area contributed by atoms with E-state index >= 15 is 0 Å². The number of ether oxygens (including phenoxy) is 2. The molecule has 0 saturated heterocycles. The van der Waals surface area contributed by atoms with Gasteiger partial charge in [0.2, 0.25) is 11.9 Å². The van der Waals surface area contributed by atoms with E-state index in [0.29, 0.717) is 23.0 Å². The third kappa shape index (κ3) is 3.25. The van der Waals surface area contributed by atoms with Crippen molar-refractivity contribution in [2.24, 2.45) is 0 Å². The second-order valence-corrected chi connectivity index (χ2v) is 6.26. The highest BCUT2D eigenvalue weighted by Gasteiger charge is 2.28. The van der Waals surface area contributed by atoms with Crippen LogP contribution in [0.1, 0.15) is 29.2 Å². The number of nitrogens with one attached hydrogen (secondary N) is 1. The second kappa shape index (κ2) is 7.40. The number of benzene rings is 2. The van der Waals surface area contributed by atoms with Crippen molar-refractivity contribution in [2.75, 3.05) is 12.4 Å². The molecule has 2 aromatic carbocycles. The first-order chi connectivity index (χ1) is 13.7. The molecule has 2 heterocycles. The summed E-state index contributed by atoms with van der Waals surface area (Å²) in [5.74, 6) is 1.41. The Morgan fingerprint density at radius 2 is 2.14 bits per heavy atom. The van der Waals surface area contributed by atoms with E-state index in [2.05, 4.69) is 21.5 Å². The van der Waals surface area contributed by atoms with E-state index in [4.69, 9.17) is 9.47 Å². The third-order valence-corrected chi connectivity index (χ3v) is 4.59. The topological polar surface area (TPSA) is 102 Å². The highest BCUT2D eigenvalue weighted by atomic mass is 16.5. The normalized spacial score (nSPS) is 15.3. The molecule has 0 unspecified atom stereocenters. The number of aromatic nitrogens is 3. The van der Waals surface area contributed by atoms with Gasteiger partial charge in [0, 0.05) is 5.56 Å². The number of rotatable bonds is 5. The number of carbonyl (C=O) groups excluding carboxylic acids is 1. The largest absolute Gasteiger partial charge is 0.493 e. The van der Waals surface area contributed by atoms with Crippen LogP contribution in [0.5, 0.6) is 11.5 Å². The van der Waals surface area contributed by atoms with Gasteiger partial charge in [-0.25, -0.2) is 4.68 Å². The van der Waals surface area contributed by atoms with Crippen molar-refractivity contribution < 1.29 is 14.3 Å². The summed E-state index contributed by atoms with van der Waals surface area (Å²) >= 11 is 0. The summed E-state index contributed by atoms with van der Waals surface area (Å²) < 4.78 is 13.0. The molecule has 0 fully saturated rings. The molecule has 0 aliphatic carbocycles. The minimum absolute atomic E-state index is 0.113. The van der Waals surface area contributed by atoms with Crippen LogP contribution >= 0.6 is 0 Å². The van der Waals surface area contributed by atoms with Crippen LogP contribution in [0.3, 0.4) is 0 Å². The number of amides is 1. The Kier molecular flexibility index (Phi) is 4.64. The lowest BCUT2D eigenvalue weighted by atomic mass is 10.0. The van der Waals surface area contributed by atoms with E-state index in [1.807, 2.05) is 30.3 Å². The molecule has 1 amide bonds. The summed E-state index contributed by atoms with van der Waals surface area (Å²) in [6, 6.07) is 14.7. The van der Waals surface area contributed by atoms with Crippen molar-refractivity contribution in [3.8, 4) is 17.6 Å². The number of nitrogens with zero attached hydrogens (tertiary/aromatic N) is 4. The average Bonchev–Trinajstić information content (AvgIpc) is 3.20. The maximum atomic E-state index is 12.0. The zero-order valence-electron chi connectivity index (χ0n) is 15.1. The maximum absolute atomic E-state index is 12.0. The van der Waals surface area contributed by atoms with E-state index in [0.717, 1.165) is 11.1 Å². The van der Waals surface area contributed by atoms with Gasteiger partial charge in [-0.2, -0.15) is 15.3 Å².